The van der Waals surface area contributed by atoms with Gasteiger partial charge in [0, 0.05) is 56.9 Å². The van der Waals surface area contributed by atoms with Gasteiger partial charge in [0.1, 0.15) is 29.8 Å². The van der Waals surface area contributed by atoms with Crippen molar-refractivity contribution in [2.24, 2.45) is 0 Å². The molecule has 0 radical (unpaired) electrons. The van der Waals surface area contributed by atoms with E-state index in [-0.39, 0.29) is 18.6 Å². The molecule has 2 bridgehead atoms. The Labute approximate surface area is 237 Å². The Balaban J connectivity index is 1.39. The number of hydrogen-bond donors (Lipinski definition) is 0. The summed E-state index contributed by atoms with van der Waals surface area (Å²) >= 11 is 6.39. The van der Waals surface area contributed by atoms with Crippen LogP contribution in [0.2, 0.25) is 5.02 Å². The van der Waals surface area contributed by atoms with Crippen LogP contribution in [0.4, 0.5) is 11.6 Å². The third-order valence-corrected chi connectivity index (χ3v) is 8.53. The topological polar surface area (TPSA) is 96.9 Å². The van der Waals surface area contributed by atoms with E-state index in [9.17, 15) is 4.79 Å². The highest BCUT2D eigenvalue weighted by molar-refractivity contribution is 6.31. The number of rotatable bonds is 1. The molecule has 40 heavy (non-hydrogen) atoms. The molecule has 2 saturated heterocycles. The lowest BCUT2D eigenvalue weighted by atomic mass is 9.98. The van der Waals surface area contributed by atoms with Gasteiger partial charge in [0.2, 0.25) is 0 Å². The van der Waals surface area contributed by atoms with Crippen LogP contribution in [0, 0.1) is 6.92 Å². The van der Waals surface area contributed by atoms with E-state index in [0.29, 0.717) is 41.8 Å². The lowest BCUT2D eigenvalue weighted by Crippen LogP contribution is -2.39. The van der Waals surface area contributed by atoms with E-state index >= 15 is 0 Å². The summed E-state index contributed by atoms with van der Waals surface area (Å²) in [6, 6.07) is 9.21. The molecule has 0 N–H and O–H groups in total. The summed E-state index contributed by atoms with van der Waals surface area (Å²) in [6.07, 6.45) is 3.96. The van der Waals surface area contributed by atoms with Crippen LogP contribution in [0.25, 0.3) is 5.65 Å². The number of amides is 1. The summed E-state index contributed by atoms with van der Waals surface area (Å²) in [5.74, 6) is 3.78. The minimum absolute atomic E-state index is 0.115. The van der Waals surface area contributed by atoms with Crippen molar-refractivity contribution >= 4 is 34.8 Å². The standard InChI is InChI=1S/C28H32ClN9O2/c1-18-31-32-26-17-40-23-8-7-19(29)14-20(23)28(39)37-11-4-3-6-22(37)21-15-25-30-24(35-9-5-10-35)16-27(38(25)33-21)34(2)12-13-36(18)26/h7-8,14-16,22H,3-6,9-13,17H2,1-2H3. The Kier molecular flexibility index (Phi) is 6.25. The van der Waals surface area contributed by atoms with Crippen molar-refractivity contribution in [3.05, 3.63) is 58.3 Å². The zero-order valence-corrected chi connectivity index (χ0v) is 23.5. The van der Waals surface area contributed by atoms with Crippen molar-refractivity contribution in [1.29, 1.82) is 0 Å². The molecule has 4 aromatic rings. The maximum Gasteiger partial charge on any atom is 0.258 e. The summed E-state index contributed by atoms with van der Waals surface area (Å²) in [5, 5.41) is 14.3. The SMILES string of the molecule is Cc1nnc2n1CCN(C)c1cc(N3CCC3)nc3cc(nn13)C1CCCCN1C(=O)c1cc(Cl)ccc1OC2. The largest absolute Gasteiger partial charge is 0.485 e. The number of carbonyl (C=O) groups excluding carboxylic acids is 1. The third-order valence-electron chi connectivity index (χ3n) is 8.29. The van der Waals surface area contributed by atoms with Gasteiger partial charge in [-0.1, -0.05) is 11.6 Å². The first-order valence-electron chi connectivity index (χ1n) is 13.9. The van der Waals surface area contributed by atoms with Crippen molar-refractivity contribution in [3.63, 3.8) is 0 Å². The second kappa shape index (κ2) is 9.96. The maximum absolute atomic E-state index is 14.1. The molecule has 6 heterocycles. The van der Waals surface area contributed by atoms with Crippen LogP contribution >= 0.6 is 11.6 Å². The van der Waals surface area contributed by atoms with E-state index < -0.39 is 0 Å². The predicted molar refractivity (Wildman–Crippen MR) is 151 cm³/mol. The molecule has 3 aliphatic heterocycles. The van der Waals surface area contributed by atoms with Gasteiger partial charge >= 0.3 is 0 Å². The van der Waals surface area contributed by atoms with Gasteiger partial charge in [-0.3, -0.25) is 4.79 Å². The van der Waals surface area contributed by atoms with Gasteiger partial charge in [-0.05, 0) is 50.8 Å². The monoisotopic (exact) mass is 561 g/mol. The molecule has 3 aliphatic rings. The molecule has 1 atom stereocenters. The fourth-order valence-electron chi connectivity index (χ4n) is 5.87. The van der Waals surface area contributed by atoms with Crippen LogP contribution < -0.4 is 14.5 Å². The predicted octanol–water partition coefficient (Wildman–Crippen LogP) is 3.89. The van der Waals surface area contributed by atoms with E-state index in [0.717, 1.165) is 61.2 Å². The number of aromatic nitrogens is 6. The Morgan fingerprint density at radius 2 is 1.88 bits per heavy atom. The molecular weight excluding hydrogens is 530 g/mol. The Morgan fingerprint density at radius 1 is 1.00 bits per heavy atom. The summed E-state index contributed by atoms with van der Waals surface area (Å²) in [7, 11) is 2.07. The Hall–Kier alpha value is -3.86. The summed E-state index contributed by atoms with van der Waals surface area (Å²) in [4.78, 5) is 25.5. The van der Waals surface area contributed by atoms with Crippen molar-refractivity contribution in [3.8, 4) is 5.75 Å². The van der Waals surface area contributed by atoms with Gasteiger partial charge in [0.25, 0.3) is 5.91 Å². The molecule has 0 saturated carbocycles. The number of benzene rings is 1. The molecule has 2 fully saturated rings. The van der Waals surface area contributed by atoms with E-state index in [1.807, 2.05) is 22.4 Å². The molecule has 1 unspecified atom stereocenters. The lowest BCUT2D eigenvalue weighted by Gasteiger charge is -2.35. The van der Waals surface area contributed by atoms with Crippen LogP contribution in [-0.2, 0) is 13.2 Å². The van der Waals surface area contributed by atoms with Crippen molar-refractivity contribution < 1.29 is 9.53 Å². The number of carbonyl (C=O) groups is 1. The number of ether oxygens (including phenoxy) is 1. The third kappa shape index (κ3) is 4.32. The van der Waals surface area contributed by atoms with Gasteiger partial charge < -0.3 is 24.0 Å². The van der Waals surface area contributed by atoms with E-state index in [4.69, 9.17) is 26.4 Å². The zero-order valence-electron chi connectivity index (χ0n) is 22.8. The Morgan fingerprint density at radius 3 is 2.70 bits per heavy atom. The van der Waals surface area contributed by atoms with Gasteiger partial charge in [-0.15, -0.1) is 10.2 Å². The summed E-state index contributed by atoms with van der Waals surface area (Å²) < 4.78 is 10.2. The smallest absolute Gasteiger partial charge is 0.258 e. The summed E-state index contributed by atoms with van der Waals surface area (Å²) in [5.41, 5.74) is 2.08. The zero-order chi connectivity index (χ0) is 27.4. The van der Waals surface area contributed by atoms with Crippen LogP contribution in [0.5, 0.6) is 5.75 Å². The Bertz CT molecular complexity index is 1590. The highest BCUT2D eigenvalue weighted by atomic mass is 35.5. The molecule has 0 spiro atoms. The minimum Gasteiger partial charge on any atom is -0.485 e. The first-order valence-corrected chi connectivity index (χ1v) is 14.3. The van der Waals surface area contributed by atoms with Crippen LogP contribution in [0.3, 0.4) is 0 Å². The molecule has 7 rings (SSSR count). The number of anilines is 2. The highest BCUT2D eigenvalue weighted by Gasteiger charge is 2.33. The molecule has 12 heteroatoms. The molecule has 3 aromatic heterocycles. The first-order chi connectivity index (χ1) is 19.5. The normalized spacial score (nSPS) is 19.7. The molecule has 208 valence electrons. The average Bonchev–Trinajstić information content (AvgIpc) is 3.51. The fraction of sp³-hybridized carbons (Fsp3) is 0.464. The molecule has 0 aliphatic carbocycles. The van der Waals surface area contributed by atoms with Gasteiger partial charge in [0.05, 0.1) is 17.3 Å². The van der Waals surface area contributed by atoms with Crippen LogP contribution in [0.1, 0.15) is 59.4 Å². The van der Waals surface area contributed by atoms with E-state index in [1.165, 1.54) is 6.42 Å². The first kappa shape index (κ1) is 25.1. The van der Waals surface area contributed by atoms with Gasteiger partial charge in [0.15, 0.2) is 11.5 Å². The number of fused-ring (bicyclic) bond motifs is 5. The number of aryl methyl sites for hydroxylation is 1. The van der Waals surface area contributed by atoms with Gasteiger partial charge in [-0.25, -0.2) is 4.98 Å². The maximum atomic E-state index is 14.1. The van der Waals surface area contributed by atoms with E-state index in [2.05, 4.69) is 37.7 Å². The van der Waals surface area contributed by atoms with Crippen LogP contribution in [0.15, 0.2) is 30.3 Å². The number of hydrogen-bond acceptors (Lipinski definition) is 8. The number of halogens is 1. The number of piperidine rings is 1. The molecule has 11 nitrogen and oxygen atoms in total. The van der Waals surface area contributed by atoms with Crippen molar-refractivity contribution in [2.45, 2.75) is 51.8 Å². The molecule has 1 amide bonds. The second-order valence-corrected chi connectivity index (χ2v) is 11.3. The quantitative estimate of drug-likeness (QED) is 0.345. The van der Waals surface area contributed by atoms with Crippen LogP contribution in [-0.4, -0.2) is 73.4 Å². The molecule has 1 aromatic carbocycles. The second-order valence-electron chi connectivity index (χ2n) is 10.8. The lowest BCUT2D eigenvalue weighted by molar-refractivity contribution is 0.0600. The highest BCUT2D eigenvalue weighted by Crippen LogP contribution is 2.36. The van der Waals surface area contributed by atoms with Crippen molar-refractivity contribution in [2.75, 3.05) is 43.0 Å². The number of likely N-dealkylation sites (N-methyl/N-ethyl adjacent to an activating group) is 1. The van der Waals surface area contributed by atoms with E-state index in [1.54, 1.807) is 18.2 Å². The van der Waals surface area contributed by atoms with Gasteiger partial charge in [-0.2, -0.15) is 9.61 Å². The average molecular weight is 562 g/mol. The van der Waals surface area contributed by atoms with Crippen molar-refractivity contribution in [1.82, 2.24) is 34.3 Å². The summed E-state index contributed by atoms with van der Waals surface area (Å²) in [6.45, 7) is 6.14. The minimum atomic E-state index is -0.168. The fourth-order valence-corrected chi connectivity index (χ4v) is 6.04. The number of nitrogens with zero attached hydrogens (tertiary/aromatic N) is 9. The molecular formula is C28H32ClN9O2.